The number of fused-ring (bicyclic) bond motifs is 1. The minimum Gasteiger partial charge on any atom is -0.465 e. The number of ether oxygens (including phenoxy) is 2. The lowest BCUT2D eigenvalue weighted by Crippen LogP contribution is -2.43. The molecule has 1 saturated heterocycles. The summed E-state index contributed by atoms with van der Waals surface area (Å²) in [5.41, 5.74) is 0.922. The summed E-state index contributed by atoms with van der Waals surface area (Å²) < 4.78 is 43.1. The Labute approximate surface area is 206 Å². The van der Waals surface area contributed by atoms with Gasteiger partial charge in [0.1, 0.15) is 11.2 Å². The van der Waals surface area contributed by atoms with Crippen LogP contribution in [0.4, 0.5) is 23.1 Å². The lowest BCUT2D eigenvalue weighted by atomic mass is 10.1. The van der Waals surface area contributed by atoms with Crippen LogP contribution < -0.4 is 16.0 Å². The summed E-state index contributed by atoms with van der Waals surface area (Å²) in [5.74, 6) is -0.563. The van der Waals surface area contributed by atoms with Gasteiger partial charge in [-0.05, 0) is 30.3 Å². The number of pyridine rings is 1. The molecule has 1 unspecified atom stereocenters. The number of para-hydroxylation sites is 1. The minimum atomic E-state index is -3.98. The molecule has 0 saturated carbocycles. The lowest BCUT2D eigenvalue weighted by Gasteiger charge is -2.25. The summed E-state index contributed by atoms with van der Waals surface area (Å²) in [6.07, 6.45) is 4.25. The van der Waals surface area contributed by atoms with Crippen molar-refractivity contribution in [1.82, 2.24) is 15.3 Å². The highest BCUT2D eigenvalue weighted by atomic mass is 32.2. The second-order valence-corrected chi connectivity index (χ2v) is 9.96. The van der Waals surface area contributed by atoms with E-state index in [4.69, 9.17) is 13.9 Å². The maximum absolute atomic E-state index is 13.7. The lowest BCUT2D eigenvalue weighted by molar-refractivity contribution is 0.0602. The number of carbonyl (C=O) groups is 1. The Kier molecular flexibility index (Phi) is 6.55. The maximum atomic E-state index is 13.7. The van der Waals surface area contributed by atoms with Gasteiger partial charge >= 0.3 is 5.97 Å². The Morgan fingerprint density at radius 3 is 2.78 bits per heavy atom. The van der Waals surface area contributed by atoms with Crippen molar-refractivity contribution in [1.29, 1.82) is 0 Å². The normalized spacial score (nSPS) is 16.0. The van der Waals surface area contributed by atoms with Gasteiger partial charge in [-0.15, -0.1) is 0 Å². The number of esters is 1. The predicted octanol–water partition coefficient (Wildman–Crippen LogP) is 3.22. The second-order valence-electron chi connectivity index (χ2n) is 7.90. The molecule has 0 amide bonds. The van der Waals surface area contributed by atoms with Crippen molar-refractivity contribution in [3.05, 3.63) is 66.7 Å². The third kappa shape index (κ3) is 4.61. The van der Waals surface area contributed by atoms with Crippen LogP contribution in [0.25, 0.3) is 10.9 Å². The Hall–Kier alpha value is -4.00. The highest BCUT2D eigenvalue weighted by Crippen LogP contribution is 2.36. The van der Waals surface area contributed by atoms with Crippen LogP contribution in [0, 0.1) is 0 Å². The zero-order valence-electron chi connectivity index (χ0n) is 19.2. The molecule has 2 aromatic carbocycles. The number of nitrogens with zero attached hydrogens (tertiary/aromatic N) is 2. The number of hydrogen-bond acceptors (Lipinski definition) is 11. The van der Waals surface area contributed by atoms with E-state index < -0.39 is 21.2 Å². The Balaban J connectivity index is 1.68. The summed E-state index contributed by atoms with van der Waals surface area (Å²) >= 11 is 0. The summed E-state index contributed by atoms with van der Waals surface area (Å²) in [7, 11) is -2.70. The van der Waals surface area contributed by atoms with Gasteiger partial charge < -0.3 is 29.8 Å². The van der Waals surface area contributed by atoms with Crippen LogP contribution >= 0.6 is 0 Å². The average molecular weight is 510 g/mol. The fraction of sp³-hybridized carbons (Fsp3) is 0.208. The van der Waals surface area contributed by atoms with Crippen molar-refractivity contribution >= 4 is 49.8 Å². The van der Waals surface area contributed by atoms with Gasteiger partial charge in [0.05, 0.1) is 42.4 Å². The average Bonchev–Trinajstić information content (AvgIpc) is 3.42. The van der Waals surface area contributed by atoms with Crippen LogP contribution in [0.1, 0.15) is 10.4 Å². The van der Waals surface area contributed by atoms with Crippen LogP contribution in [0.5, 0.6) is 0 Å². The van der Waals surface area contributed by atoms with E-state index in [-0.39, 0.29) is 35.3 Å². The second kappa shape index (κ2) is 9.93. The first-order valence-electron chi connectivity index (χ1n) is 11.1. The molecule has 0 spiro atoms. The molecule has 0 aliphatic carbocycles. The standard InChI is InChI=1S/C24H23N5O6S/c1-33-23(30)16-4-2-3-5-19(16)29-22-17-12-15(28-24-26-9-11-35-24)6-7-18(17)27-13-20(22)36(31,32)21-14-25-8-10-34-21/h2-7,9,11-13,21,25H,8,10,14H2,1H3,(H,26,28)(H,27,29). The fourth-order valence-electron chi connectivity index (χ4n) is 3.90. The first kappa shape index (κ1) is 23.7. The number of oxazole rings is 1. The molecule has 12 heteroatoms. The van der Waals surface area contributed by atoms with Crippen LogP contribution in [0.2, 0.25) is 0 Å². The van der Waals surface area contributed by atoms with Gasteiger partial charge in [-0.1, -0.05) is 12.1 Å². The smallest absolute Gasteiger partial charge is 0.339 e. The van der Waals surface area contributed by atoms with Gasteiger partial charge in [0.25, 0.3) is 6.01 Å². The number of hydrogen-bond donors (Lipinski definition) is 3. The van der Waals surface area contributed by atoms with Crippen LogP contribution in [0.15, 0.2) is 70.4 Å². The molecule has 1 aliphatic rings. The van der Waals surface area contributed by atoms with Crippen molar-refractivity contribution in [2.45, 2.75) is 10.3 Å². The molecule has 3 heterocycles. The van der Waals surface area contributed by atoms with Crippen LogP contribution in [-0.2, 0) is 19.3 Å². The molecule has 2 aromatic heterocycles. The highest BCUT2D eigenvalue weighted by molar-refractivity contribution is 7.92. The molecule has 0 radical (unpaired) electrons. The van der Waals surface area contributed by atoms with Gasteiger partial charge in [0.15, 0.2) is 5.44 Å². The van der Waals surface area contributed by atoms with Crippen LogP contribution in [0.3, 0.4) is 0 Å². The van der Waals surface area contributed by atoms with Crippen molar-refractivity contribution in [2.24, 2.45) is 0 Å². The van der Waals surface area contributed by atoms with Gasteiger partial charge in [0, 0.05) is 30.4 Å². The van der Waals surface area contributed by atoms with E-state index in [1.165, 1.54) is 25.8 Å². The summed E-state index contributed by atoms with van der Waals surface area (Å²) in [5, 5.41) is 9.75. The number of methoxy groups -OCH3 is 1. The van der Waals surface area contributed by atoms with E-state index in [1.54, 1.807) is 42.5 Å². The number of sulfone groups is 1. The minimum absolute atomic E-state index is 0.0587. The van der Waals surface area contributed by atoms with E-state index in [2.05, 4.69) is 25.9 Å². The van der Waals surface area contributed by atoms with Gasteiger partial charge in [-0.2, -0.15) is 0 Å². The molecule has 5 rings (SSSR count). The van der Waals surface area contributed by atoms with Gasteiger partial charge in [-0.25, -0.2) is 18.2 Å². The van der Waals surface area contributed by atoms with E-state index >= 15 is 0 Å². The molecule has 11 nitrogen and oxygen atoms in total. The highest BCUT2D eigenvalue weighted by Gasteiger charge is 2.33. The summed E-state index contributed by atoms with van der Waals surface area (Å²) in [4.78, 5) is 20.8. The van der Waals surface area contributed by atoms with Crippen molar-refractivity contribution in [3.8, 4) is 0 Å². The van der Waals surface area contributed by atoms with Crippen molar-refractivity contribution in [2.75, 3.05) is 37.4 Å². The molecule has 1 fully saturated rings. The maximum Gasteiger partial charge on any atom is 0.339 e. The first-order valence-corrected chi connectivity index (χ1v) is 12.6. The predicted molar refractivity (Wildman–Crippen MR) is 132 cm³/mol. The Morgan fingerprint density at radius 2 is 2.03 bits per heavy atom. The SMILES string of the molecule is COC(=O)c1ccccc1Nc1c(S(=O)(=O)C2CNCCO2)cnc2ccc(Nc3ncco3)cc12. The molecule has 4 aromatic rings. The number of benzene rings is 2. The fourth-order valence-corrected chi connectivity index (χ4v) is 5.44. The van der Waals surface area contributed by atoms with E-state index in [1.807, 2.05) is 0 Å². The molecule has 36 heavy (non-hydrogen) atoms. The third-order valence-corrected chi connectivity index (χ3v) is 7.57. The van der Waals surface area contributed by atoms with Crippen molar-refractivity contribution in [3.63, 3.8) is 0 Å². The zero-order chi connectivity index (χ0) is 25.1. The topological polar surface area (TPSA) is 145 Å². The molecule has 1 atom stereocenters. The number of rotatable bonds is 7. The molecule has 1 aliphatic heterocycles. The van der Waals surface area contributed by atoms with E-state index in [0.717, 1.165) is 0 Å². The largest absolute Gasteiger partial charge is 0.465 e. The molecule has 186 valence electrons. The summed E-state index contributed by atoms with van der Waals surface area (Å²) in [6, 6.07) is 12.2. The number of anilines is 4. The first-order chi connectivity index (χ1) is 17.5. The molecular weight excluding hydrogens is 486 g/mol. The number of carbonyl (C=O) groups excluding carboxylic acids is 1. The van der Waals surface area contributed by atoms with Crippen LogP contribution in [-0.4, -0.2) is 56.6 Å². The number of morpholine rings is 1. The third-order valence-electron chi connectivity index (χ3n) is 5.66. The molecular formula is C24H23N5O6S. The quantitative estimate of drug-likeness (QED) is 0.316. The Bertz CT molecular complexity index is 1500. The Morgan fingerprint density at radius 1 is 1.17 bits per heavy atom. The molecule has 3 N–H and O–H groups in total. The van der Waals surface area contributed by atoms with Gasteiger partial charge in [0.2, 0.25) is 9.84 Å². The summed E-state index contributed by atoms with van der Waals surface area (Å²) in [6.45, 7) is 0.975. The number of aromatic nitrogens is 2. The molecule has 0 bridgehead atoms. The van der Waals surface area contributed by atoms with E-state index in [9.17, 15) is 13.2 Å². The van der Waals surface area contributed by atoms with E-state index in [0.29, 0.717) is 28.8 Å². The zero-order valence-corrected chi connectivity index (χ0v) is 20.0. The monoisotopic (exact) mass is 509 g/mol. The number of nitrogens with one attached hydrogen (secondary N) is 3. The van der Waals surface area contributed by atoms with Gasteiger partial charge in [-0.3, -0.25) is 4.98 Å². The van der Waals surface area contributed by atoms with Crippen molar-refractivity contribution < 1.29 is 27.1 Å².